The third-order valence-electron chi connectivity index (χ3n) is 4.01. The molecule has 2 aliphatic rings. The number of rotatable bonds is 2. The Kier molecular flexibility index (Phi) is 3.69. The molecule has 6 nitrogen and oxygen atoms in total. The summed E-state index contributed by atoms with van der Waals surface area (Å²) < 4.78 is 38.1. The fourth-order valence-electron chi connectivity index (χ4n) is 2.93. The summed E-state index contributed by atoms with van der Waals surface area (Å²) in [6.07, 6.45) is 1.13. The van der Waals surface area contributed by atoms with Gasteiger partial charge in [0.1, 0.15) is 0 Å². The molecule has 2 aliphatic heterocycles. The highest BCUT2D eigenvalue weighted by molar-refractivity contribution is 7.89. The van der Waals surface area contributed by atoms with Crippen molar-refractivity contribution in [2.45, 2.75) is 30.4 Å². The standard InChI is InChI=1S/C14H20N2O4S/c1-11-8-12(15)10-13(9-11)21(17,18)16-4-2-14(3-5-16)19-6-7-20-14/h8-10H,2-7,15H2,1H3. The lowest BCUT2D eigenvalue weighted by Gasteiger charge is -2.36. The molecular formula is C14H20N2O4S. The van der Waals surface area contributed by atoms with Crippen LogP contribution in [-0.4, -0.2) is 44.8 Å². The van der Waals surface area contributed by atoms with Crippen LogP contribution in [0, 0.1) is 6.92 Å². The van der Waals surface area contributed by atoms with Crippen LogP contribution in [0.3, 0.4) is 0 Å². The van der Waals surface area contributed by atoms with E-state index in [0.29, 0.717) is 44.8 Å². The average Bonchev–Trinajstić information content (AvgIpc) is 2.86. The zero-order valence-electron chi connectivity index (χ0n) is 12.0. The van der Waals surface area contributed by atoms with Gasteiger partial charge in [-0.3, -0.25) is 0 Å². The number of sulfonamides is 1. The van der Waals surface area contributed by atoms with Crippen molar-refractivity contribution < 1.29 is 17.9 Å². The Hall–Kier alpha value is -1.15. The summed E-state index contributed by atoms with van der Waals surface area (Å²) in [5, 5.41) is 0. The first-order valence-corrected chi connectivity index (χ1v) is 8.51. The number of nitrogens with two attached hydrogens (primary N) is 1. The van der Waals surface area contributed by atoms with Gasteiger partial charge in [0.05, 0.1) is 18.1 Å². The molecule has 0 aliphatic carbocycles. The number of nitrogen functional groups attached to an aromatic ring is 1. The lowest BCUT2D eigenvalue weighted by molar-refractivity contribution is -0.179. The molecule has 0 aromatic heterocycles. The van der Waals surface area contributed by atoms with Gasteiger partial charge >= 0.3 is 0 Å². The van der Waals surface area contributed by atoms with Gasteiger partial charge in [0.25, 0.3) is 0 Å². The van der Waals surface area contributed by atoms with Crippen LogP contribution in [0.1, 0.15) is 18.4 Å². The van der Waals surface area contributed by atoms with E-state index in [1.54, 1.807) is 12.1 Å². The number of aryl methyl sites for hydroxylation is 1. The minimum absolute atomic E-state index is 0.254. The number of ether oxygens (including phenoxy) is 2. The van der Waals surface area contributed by atoms with Gasteiger partial charge in [-0.1, -0.05) is 0 Å². The molecule has 0 amide bonds. The highest BCUT2D eigenvalue weighted by atomic mass is 32.2. The van der Waals surface area contributed by atoms with Gasteiger partial charge in [-0.25, -0.2) is 8.42 Å². The van der Waals surface area contributed by atoms with E-state index in [1.807, 2.05) is 6.92 Å². The molecule has 0 bridgehead atoms. The van der Waals surface area contributed by atoms with Crippen LogP contribution in [0.2, 0.25) is 0 Å². The van der Waals surface area contributed by atoms with Crippen LogP contribution in [-0.2, 0) is 19.5 Å². The minimum Gasteiger partial charge on any atom is -0.399 e. The van der Waals surface area contributed by atoms with Crippen LogP contribution >= 0.6 is 0 Å². The van der Waals surface area contributed by atoms with Gasteiger partial charge in [0.2, 0.25) is 10.0 Å². The van der Waals surface area contributed by atoms with Crippen LogP contribution in [0.25, 0.3) is 0 Å². The molecular weight excluding hydrogens is 292 g/mol. The Morgan fingerprint density at radius 3 is 2.33 bits per heavy atom. The van der Waals surface area contributed by atoms with E-state index in [4.69, 9.17) is 15.2 Å². The third-order valence-corrected chi connectivity index (χ3v) is 5.89. The fourth-order valence-corrected chi connectivity index (χ4v) is 4.51. The molecule has 7 heteroatoms. The minimum atomic E-state index is -3.51. The summed E-state index contributed by atoms with van der Waals surface area (Å²) in [4.78, 5) is 0.254. The molecule has 1 aromatic carbocycles. The molecule has 2 saturated heterocycles. The lowest BCUT2D eigenvalue weighted by Crippen LogP contribution is -2.47. The summed E-state index contributed by atoms with van der Waals surface area (Å²) in [5.74, 6) is -0.572. The Morgan fingerprint density at radius 2 is 1.76 bits per heavy atom. The molecule has 1 spiro atoms. The molecule has 2 heterocycles. The normalized spacial score (nSPS) is 22.7. The first kappa shape index (κ1) is 14.8. The Labute approximate surface area is 124 Å². The predicted octanol–water partition coefficient (Wildman–Crippen LogP) is 1.10. The second kappa shape index (κ2) is 5.24. The molecule has 3 rings (SSSR count). The van der Waals surface area contributed by atoms with Gasteiger partial charge in [-0.05, 0) is 30.7 Å². The smallest absolute Gasteiger partial charge is 0.243 e. The van der Waals surface area contributed by atoms with Crippen LogP contribution in [0.15, 0.2) is 23.1 Å². The van der Waals surface area contributed by atoms with Crippen molar-refractivity contribution in [2.24, 2.45) is 0 Å². The van der Waals surface area contributed by atoms with E-state index >= 15 is 0 Å². The molecule has 1 aromatic rings. The van der Waals surface area contributed by atoms with Crippen LogP contribution in [0.5, 0.6) is 0 Å². The van der Waals surface area contributed by atoms with Crippen molar-refractivity contribution in [3.63, 3.8) is 0 Å². The number of hydrogen-bond acceptors (Lipinski definition) is 5. The average molecular weight is 312 g/mol. The summed E-state index contributed by atoms with van der Waals surface area (Å²) >= 11 is 0. The Morgan fingerprint density at radius 1 is 1.14 bits per heavy atom. The highest BCUT2D eigenvalue weighted by Crippen LogP contribution is 2.33. The maximum Gasteiger partial charge on any atom is 0.243 e. The van der Waals surface area contributed by atoms with Gasteiger partial charge in [-0.2, -0.15) is 4.31 Å². The lowest BCUT2D eigenvalue weighted by atomic mass is 10.1. The maximum absolute atomic E-state index is 12.7. The van der Waals surface area contributed by atoms with Crippen LogP contribution in [0.4, 0.5) is 5.69 Å². The largest absolute Gasteiger partial charge is 0.399 e. The maximum atomic E-state index is 12.7. The van der Waals surface area contributed by atoms with E-state index in [2.05, 4.69) is 0 Å². The molecule has 0 radical (unpaired) electrons. The number of benzene rings is 1. The van der Waals surface area contributed by atoms with E-state index in [9.17, 15) is 8.42 Å². The van der Waals surface area contributed by atoms with E-state index in [0.717, 1.165) is 5.56 Å². The SMILES string of the molecule is Cc1cc(N)cc(S(=O)(=O)N2CCC3(CC2)OCCO3)c1. The first-order chi connectivity index (χ1) is 9.91. The highest BCUT2D eigenvalue weighted by Gasteiger charge is 2.42. The molecule has 2 N–H and O–H groups in total. The molecule has 21 heavy (non-hydrogen) atoms. The molecule has 2 fully saturated rings. The Balaban J connectivity index is 1.80. The zero-order valence-corrected chi connectivity index (χ0v) is 12.9. The predicted molar refractivity (Wildman–Crippen MR) is 78.2 cm³/mol. The number of hydrogen-bond donors (Lipinski definition) is 1. The van der Waals surface area contributed by atoms with Gasteiger partial charge < -0.3 is 15.2 Å². The number of anilines is 1. The van der Waals surface area contributed by atoms with E-state index in [-0.39, 0.29) is 4.90 Å². The zero-order chi connectivity index (χ0) is 15.1. The van der Waals surface area contributed by atoms with Gasteiger partial charge in [0.15, 0.2) is 5.79 Å². The second-order valence-corrected chi connectivity index (χ2v) is 7.53. The summed E-state index contributed by atoms with van der Waals surface area (Å²) in [6.45, 7) is 3.80. The summed E-state index contributed by atoms with van der Waals surface area (Å²) in [5.41, 5.74) is 7.06. The number of nitrogens with zero attached hydrogens (tertiary/aromatic N) is 1. The van der Waals surface area contributed by atoms with Crippen molar-refractivity contribution in [3.8, 4) is 0 Å². The Bertz CT molecular complexity index is 608. The van der Waals surface area contributed by atoms with Crippen LogP contribution < -0.4 is 5.73 Å². The quantitative estimate of drug-likeness (QED) is 0.827. The number of piperidine rings is 1. The van der Waals surface area contributed by atoms with Crippen molar-refractivity contribution in [1.29, 1.82) is 0 Å². The third kappa shape index (κ3) is 2.78. The van der Waals surface area contributed by atoms with Crippen molar-refractivity contribution in [2.75, 3.05) is 32.0 Å². The molecule has 0 saturated carbocycles. The monoisotopic (exact) mass is 312 g/mol. The van der Waals surface area contributed by atoms with Crippen molar-refractivity contribution in [3.05, 3.63) is 23.8 Å². The molecule has 0 atom stereocenters. The molecule has 116 valence electrons. The van der Waals surface area contributed by atoms with Gasteiger partial charge in [-0.15, -0.1) is 0 Å². The summed E-state index contributed by atoms with van der Waals surface area (Å²) in [7, 11) is -3.51. The van der Waals surface area contributed by atoms with Gasteiger partial charge in [0, 0.05) is 31.6 Å². The topological polar surface area (TPSA) is 81.9 Å². The second-order valence-electron chi connectivity index (χ2n) is 5.59. The first-order valence-electron chi connectivity index (χ1n) is 7.07. The fraction of sp³-hybridized carbons (Fsp3) is 0.571. The van der Waals surface area contributed by atoms with Crippen molar-refractivity contribution >= 4 is 15.7 Å². The van der Waals surface area contributed by atoms with E-state index < -0.39 is 15.8 Å². The van der Waals surface area contributed by atoms with E-state index in [1.165, 1.54) is 10.4 Å². The molecule has 0 unspecified atom stereocenters. The summed E-state index contributed by atoms with van der Waals surface area (Å²) in [6, 6.07) is 4.92. The van der Waals surface area contributed by atoms with Crippen molar-refractivity contribution in [1.82, 2.24) is 4.31 Å².